The predicted octanol–water partition coefficient (Wildman–Crippen LogP) is 5.75. The first-order chi connectivity index (χ1) is 17.9. The van der Waals surface area contributed by atoms with E-state index in [0.29, 0.717) is 29.9 Å². The van der Waals surface area contributed by atoms with Crippen LogP contribution < -0.4 is 5.32 Å². The molecule has 0 spiro atoms. The fraction of sp³-hybridized carbons (Fsp3) is 0.333. The molecule has 1 N–H and O–H groups in total. The van der Waals surface area contributed by atoms with Crippen LogP contribution >= 0.6 is 0 Å². The molecule has 37 heavy (non-hydrogen) atoms. The smallest absolute Gasteiger partial charge is 0.256 e. The maximum atomic E-state index is 14.3. The third-order valence-electron chi connectivity index (χ3n) is 7.07. The molecule has 0 unspecified atom stereocenters. The van der Waals surface area contributed by atoms with Gasteiger partial charge in [0.1, 0.15) is 5.82 Å². The summed E-state index contributed by atoms with van der Waals surface area (Å²) in [6.45, 7) is 6.94. The van der Waals surface area contributed by atoms with Crippen molar-refractivity contribution in [1.82, 2.24) is 19.4 Å². The Morgan fingerprint density at radius 3 is 2.62 bits per heavy atom. The molecule has 0 aliphatic carbocycles. The first-order valence-corrected chi connectivity index (χ1v) is 13.0. The Bertz CT molecular complexity index is 1410. The topological polar surface area (TPSA) is 80.1 Å². The van der Waals surface area contributed by atoms with Crippen LogP contribution in [-0.2, 0) is 11.3 Å². The van der Waals surface area contributed by atoms with Gasteiger partial charge in [0, 0.05) is 37.1 Å². The van der Waals surface area contributed by atoms with Gasteiger partial charge in [-0.1, -0.05) is 50.2 Å². The number of hydrogen-bond donors (Lipinski definition) is 1. The molecule has 7 nitrogen and oxygen atoms in total. The molecular weight excluding hydrogens is 462 g/mol. The second-order valence-corrected chi connectivity index (χ2v) is 10.1. The van der Waals surface area contributed by atoms with E-state index in [9.17, 15) is 9.59 Å². The molecule has 0 bridgehead atoms. The van der Waals surface area contributed by atoms with Gasteiger partial charge in [-0.05, 0) is 55.5 Å². The number of nitrogens with zero attached hydrogens (tertiary/aromatic N) is 4. The Labute approximate surface area is 217 Å². The van der Waals surface area contributed by atoms with Crippen LogP contribution in [0.25, 0.3) is 11.0 Å². The average molecular weight is 496 g/mol. The summed E-state index contributed by atoms with van der Waals surface area (Å²) in [5.74, 6) is 0.504. The van der Waals surface area contributed by atoms with Crippen molar-refractivity contribution in [2.75, 3.05) is 11.9 Å². The molecule has 0 radical (unpaired) electrons. The quantitative estimate of drug-likeness (QED) is 0.369. The van der Waals surface area contributed by atoms with E-state index in [0.717, 1.165) is 41.7 Å². The zero-order valence-electron chi connectivity index (χ0n) is 21.6. The third-order valence-corrected chi connectivity index (χ3v) is 7.07. The Hall–Kier alpha value is -4.00. The van der Waals surface area contributed by atoms with Gasteiger partial charge in [-0.25, -0.2) is 4.98 Å². The van der Waals surface area contributed by atoms with Crippen molar-refractivity contribution in [3.63, 3.8) is 0 Å². The maximum Gasteiger partial charge on any atom is 0.256 e. The summed E-state index contributed by atoms with van der Waals surface area (Å²) in [5.41, 5.74) is 4.83. The van der Waals surface area contributed by atoms with Crippen LogP contribution in [0.5, 0.6) is 0 Å². The van der Waals surface area contributed by atoms with Crippen LogP contribution in [0.3, 0.4) is 0 Å². The number of imidazole rings is 1. The van der Waals surface area contributed by atoms with E-state index in [2.05, 4.69) is 27.0 Å². The monoisotopic (exact) mass is 495 g/mol. The van der Waals surface area contributed by atoms with Crippen molar-refractivity contribution in [3.8, 4) is 0 Å². The highest BCUT2D eigenvalue weighted by molar-refractivity contribution is 6.08. The summed E-state index contributed by atoms with van der Waals surface area (Å²) in [5, 5.41) is 2.98. The molecule has 1 saturated heterocycles. The molecule has 1 aliphatic rings. The van der Waals surface area contributed by atoms with Crippen molar-refractivity contribution < 1.29 is 9.59 Å². The number of carbonyl (C=O) groups excluding carboxylic acids is 2. The summed E-state index contributed by atoms with van der Waals surface area (Å²) in [7, 11) is 0. The van der Waals surface area contributed by atoms with E-state index in [1.165, 1.54) is 0 Å². The van der Waals surface area contributed by atoms with Gasteiger partial charge in [0.25, 0.3) is 5.91 Å². The summed E-state index contributed by atoms with van der Waals surface area (Å²) >= 11 is 0. The number of carbonyl (C=O) groups is 2. The molecule has 190 valence electrons. The lowest BCUT2D eigenvalue weighted by Crippen LogP contribution is -2.38. The SMILES string of the molecule is Cc1nc2cc(NC(=O)C(C)C)cc(C(=O)N3CCCC[C@@H]3c3cccnc3)c2n1Cc1ccccc1. The molecule has 1 atom stereocenters. The van der Waals surface area contributed by atoms with E-state index < -0.39 is 0 Å². The van der Waals surface area contributed by atoms with Crippen LogP contribution in [0.4, 0.5) is 5.69 Å². The number of pyridine rings is 1. The zero-order chi connectivity index (χ0) is 25.9. The van der Waals surface area contributed by atoms with Crippen molar-refractivity contribution in [1.29, 1.82) is 0 Å². The summed E-state index contributed by atoms with van der Waals surface area (Å²) in [4.78, 5) is 38.0. The first-order valence-electron chi connectivity index (χ1n) is 13.0. The fourth-order valence-electron chi connectivity index (χ4n) is 5.11. The second kappa shape index (κ2) is 10.5. The van der Waals surface area contributed by atoms with Gasteiger partial charge >= 0.3 is 0 Å². The zero-order valence-corrected chi connectivity index (χ0v) is 21.6. The minimum Gasteiger partial charge on any atom is -0.331 e. The number of hydrogen-bond acceptors (Lipinski definition) is 4. The van der Waals surface area contributed by atoms with Crippen molar-refractivity contribution in [2.45, 2.75) is 52.6 Å². The predicted molar refractivity (Wildman–Crippen MR) is 145 cm³/mol. The van der Waals surface area contributed by atoms with E-state index in [1.54, 1.807) is 6.20 Å². The number of anilines is 1. The van der Waals surface area contributed by atoms with Crippen LogP contribution in [0.15, 0.2) is 67.0 Å². The highest BCUT2D eigenvalue weighted by Gasteiger charge is 2.31. The van der Waals surface area contributed by atoms with Gasteiger partial charge in [-0.2, -0.15) is 0 Å². The van der Waals surface area contributed by atoms with Crippen molar-refractivity contribution >= 4 is 28.5 Å². The van der Waals surface area contributed by atoms with Crippen molar-refractivity contribution in [3.05, 3.63) is 89.5 Å². The third kappa shape index (κ3) is 5.12. The Morgan fingerprint density at radius 1 is 1.08 bits per heavy atom. The van der Waals surface area contributed by atoms with Gasteiger partial charge < -0.3 is 14.8 Å². The lowest BCUT2D eigenvalue weighted by Gasteiger charge is -2.36. The number of aromatic nitrogens is 3. The first kappa shape index (κ1) is 24.7. The van der Waals surface area contributed by atoms with Gasteiger partial charge in [-0.3, -0.25) is 14.6 Å². The minimum atomic E-state index is -0.177. The van der Waals surface area contributed by atoms with Gasteiger partial charge in [0.05, 0.1) is 22.6 Å². The Balaban J connectivity index is 1.63. The van der Waals surface area contributed by atoms with E-state index in [4.69, 9.17) is 4.98 Å². The average Bonchev–Trinajstić information content (AvgIpc) is 3.23. The highest BCUT2D eigenvalue weighted by Crippen LogP contribution is 2.34. The van der Waals surface area contributed by atoms with Crippen LogP contribution in [0, 0.1) is 12.8 Å². The summed E-state index contributed by atoms with van der Waals surface area (Å²) in [6.07, 6.45) is 6.53. The molecule has 0 saturated carbocycles. The largest absolute Gasteiger partial charge is 0.331 e. The molecule has 3 heterocycles. The molecule has 2 aromatic carbocycles. The van der Waals surface area contributed by atoms with Gasteiger partial charge in [0.15, 0.2) is 0 Å². The molecule has 7 heteroatoms. The minimum absolute atomic E-state index is 0.0366. The number of likely N-dealkylation sites (tertiary alicyclic amines) is 1. The molecule has 4 aromatic rings. The highest BCUT2D eigenvalue weighted by atomic mass is 16.2. The number of fused-ring (bicyclic) bond motifs is 1. The number of amides is 2. The second-order valence-electron chi connectivity index (χ2n) is 10.1. The molecular formula is C30H33N5O2. The number of aryl methyl sites for hydroxylation is 1. The summed E-state index contributed by atoms with van der Waals surface area (Å²) in [6, 6.07) is 17.8. The summed E-state index contributed by atoms with van der Waals surface area (Å²) < 4.78 is 2.11. The van der Waals surface area contributed by atoms with E-state index in [-0.39, 0.29) is 23.8 Å². The maximum absolute atomic E-state index is 14.3. The number of nitrogens with one attached hydrogen (secondary N) is 1. The molecule has 5 rings (SSSR count). The normalized spacial score (nSPS) is 15.8. The lowest BCUT2D eigenvalue weighted by molar-refractivity contribution is -0.118. The standard InChI is InChI=1S/C30H33N5O2/c1-20(2)29(36)33-24-16-25(30(37)34-15-8-7-13-27(34)23-12-9-14-31-18-23)28-26(17-24)32-21(3)35(28)19-22-10-5-4-6-11-22/h4-6,9-12,14,16-18,20,27H,7-8,13,15,19H2,1-3H3,(H,33,36)/t27-/m1/s1. The lowest BCUT2D eigenvalue weighted by atomic mass is 9.95. The van der Waals surface area contributed by atoms with Gasteiger partial charge in [0.2, 0.25) is 5.91 Å². The Morgan fingerprint density at radius 2 is 1.89 bits per heavy atom. The van der Waals surface area contributed by atoms with Gasteiger partial charge in [-0.15, -0.1) is 0 Å². The Kier molecular flexibility index (Phi) is 7.04. The number of benzene rings is 2. The van der Waals surface area contributed by atoms with Crippen LogP contribution in [-0.4, -0.2) is 37.8 Å². The van der Waals surface area contributed by atoms with Crippen LogP contribution in [0.1, 0.15) is 66.5 Å². The fourth-order valence-corrected chi connectivity index (χ4v) is 5.11. The molecule has 2 aromatic heterocycles. The number of rotatable bonds is 6. The van der Waals surface area contributed by atoms with E-state index >= 15 is 0 Å². The molecule has 2 amide bonds. The van der Waals surface area contributed by atoms with Crippen LogP contribution in [0.2, 0.25) is 0 Å². The van der Waals surface area contributed by atoms with Crippen molar-refractivity contribution in [2.24, 2.45) is 5.92 Å². The molecule has 1 fully saturated rings. The molecule has 1 aliphatic heterocycles. The van der Waals surface area contributed by atoms with E-state index in [1.807, 2.05) is 74.3 Å². The number of piperidine rings is 1.